The molecule has 0 N–H and O–H groups in total. The van der Waals surface area contributed by atoms with Gasteiger partial charge in [0, 0.05) is 18.7 Å². The van der Waals surface area contributed by atoms with Gasteiger partial charge in [0.15, 0.2) is 6.23 Å². The highest BCUT2D eigenvalue weighted by atomic mass is 16.5. The summed E-state index contributed by atoms with van der Waals surface area (Å²) in [6, 6.07) is 10.3. The normalized spacial score (nSPS) is 17.0. The van der Waals surface area contributed by atoms with Crippen molar-refractivity contribution in [2.45, 2.75) is 13.2 Å². The number of ether oxygens (including phenoxy) is 1. The van der Waals surface area contributed by atoms with Crippen molar-refractivity contribution < 1.29 is 4.74 Å². The lowest BCUT2D eigenvalue weighted by molar-refractivity contribution is -0.0156. The van der Waals surface area contributed by atoms with Gasteiger partial charge in [-0.25, -0.2) is 0 Å². The molecule has 0 spiro atoms. The molecule has 3 nitrogen and oxygen atoms in total. The molecule has 0 aliphatic carbocycles. The zero-order chi connectivity index (χ0) is 10.5. The Balaban J connectivity index is 2.15. The molecule has 1 atom stereocenters. The van der Waals surface area contributed by atoms with E-state index < -0.39 is 0 Å². The first-order chi connectivity index (χ1) is 7.42. The predicted molar refractivity (Wildman–Crippen MR) is 60.9 cm³/mol. The minimum absolute atomic E-state index is 0.0162. The molecular formula is C12H16N2O. The summed E-state index contributed by atoms with van der Waals surface area (Å²) in [4.78, 5) is 6.35. The van der Waals surface area contributed by atoms with Crippen LogP contribution in [0.3, 0.4) is 0 Å². The molecule has 1 unspecified atom stereocenters. The standard InChI is InChI=1S/C12H16N2O/c1-2-15-12(14-9-8-13-10-14)11-6-4-3-5-7-11/h3-7,10,12H,2,8-9H2,1H3. The van der Waals surface area contributed by atoms with Crippen molar-refractivity contribution in [2.75, 3.05) is 19.7 Å². The highest BCUT2D eigenvalue weighted by Gasteiger charge is 2.19. The van der Waals surface area contributed by atoms with Crippen molar-refractivity contribution in [1.29, 1.82) is 0 Å². The largest absolute Gasteiger partial charge is 0.354 e. The molecular weight excluding hydrogens is 188 g/mol. The van der Waals surface area contributed by atoms with E-state index in [9.17, 15) is 0 Å². The van der Waals surface area contributed by atoms with Crippen molar-refractivity contribution >= 4 is 6.34 Å². The van der Waals surface area contributed by atoms with Gasteiger partial charge in [0.1, 0.15) is 0 Å². The van der Waals surface area contributed by atoms with Gasteiger partial charge in [-0.15, -0.1) is 0 Å². The lowest BCUT2D eigenvalue weighted by Crippen LogP contribution is -2.28. The van der Waals surface area contributed by atoms with Gasteiger partial charge >= 0.3 is 0 Å². The Kier molecular flexibility index (Phi) is 3.35. The monoisotopic (exact) mass is 204 g/mol. The summed E-state index contributed by atoms with van der Waals surface area (Å²) in [7, 11) is 0. The van der Waals surface area contributed by atoms with Crippen LogP contribution >= 0.6 is 0 Å². The second kappa shape index (κ2) is 4.94. The third-order valence-electron chi connectivity index (χ3n) is 2.43. The summed E-state index contributed by atoms with van der Waals surface area (Å²) in [6.45, 7) is 4.54. The molecule has 1 aromatic rings. The topological polar surface area (TPSA) is 24.8 Å². The van der Waals surface area contributed by atoms with Gasteiger partial charge in [-0.1, -0.05) is 30.3 Å². The highest BCUT2D eigenvalue weighted by molar-refractivity contribution is 5.57. The van der Waals surface area contributed by atoms with E-state index in [0.717, 1.165) is 13.1 Å². The Morgan fingerprint density at radius 2 is 2.20 bits per heavy atom. The van der Waals surface area contributed by atoms with Crippen LogP contribution in [0.15, 0.2) is 35.3 Å². The maximum absolute atomic E-state index is 5.75. The van der Waals surface area contributed by atoms with Gasteiger partial charge in [0.25, 0.3) is 0 Å². The van der Waals surface area contributed by atoms with Gasteiger partial charge in [0.2, 0.25) is 0 Å². The van der Waals surface area contributed by atoms with Crippen molar-refractivity contribution in [3.05, 3.63) is 35.9 Å². The summed E-state index contributed by atoms with van der Waals surface area (Å²) in [5.41, 5.74) is 1.19. The Morgan fingerprint density at radius 3 is 2.80 bits per heavy atom. The van der Waals surface area contributed by atoms with Crippen LogP contribution in [0.5, 0.6) is 0 Å². The molecule has 3 heteroatoms. The first-order valence-electron chi connectivity index (χ1n) is 5.34. The molecule has 0 aromatic heterocycles. The van der Waals surface area contributed by atoms with Crippen molar-refractivity contribution in [1.82, 2.24) is 4.90 Å². The summed E-state index contributed by atoms with van der Waals surface area (Å²) >= 11 is 0. The SMILES string of the molecule is CCOC(c1ccccc1)N1C=NCC1. The van der Waals surface area contributed by atoms with E-state index in [1.54, 1.807) is 0 Å². The average molecular weight is 204 g/mol. The zero-order valence-electron chi connectivity index (χ0n) is 8.97. The molecule has 1 aliphatic rings. The fourth-order valence-electron chi connectivity index (χ4n) is 1.73. The number of rotatable bonds is 4. The fourth-order valence-corrected chi connectivity index (χ4v) is 1.73. The van der Waals surface area contributed by atoms with Crippen molar-refractivity contribution in [3.8, 4) is 0 Å². The van der Waals surface area contributed by atoms with Crippen LogP contribution in [-0.2, 0) is 4.74 Å². The number of nitrogens with zero attached hydrogens (tertiary/aromatic N) is 2. The summed E-state index contributed by atoms with van der Waals surface area (Å²) < 4.78 is 5.75. The van der Waals surface area contributed by atoms with Crippen LogP contribution in [0, 0.1) is 0 Å². The first-order valence-corrected chi connectivity index (χ1v) is 5.34. The molecule has 2 rings (SSSR count). The molecule has 0 bridgehead atoms. The minimum atomic E-state index is 0.0162. The van der Waals surface area contributed by atoms with Crippen molar-refractivity contribution in [3.63, 3.8) is 0 Å². The maximum atomic E-state index is 5.75. The third kappa shape index (κ3) is 2.36. The lowest BCUT2D eigenvalue weighted by Gasteiger charge is -2.26. The van der Waals surface area contributed by atoms with Gasteiger partial charge in [0.05, 0.1) is 12.9 Å². The van der Waals surface area contributed by atoms with Gasteiger partial charge in [-0.05, 0) is 6.92 Å². The molecule has 0 amide bonds. The first kappa shape index (κ1) is 10.2. The number of aliphatic imine (C=N–C) groups is 1. The van der Waals surface area contributed by atoms with E-state index in [2.05, 4.69) is 22.0 Å². The molecule has 0 saturated carbocycles. The van der Waals surface area contributed by atoms with E-state index in [4.69, 9.17) is 4.74 Å². The number of benzene rings is 1. The van der Waals surface area contributed by atoms with E-state index in [-0.39, 0.29) is 6.23 Å². The van der Waals surface area contributed by atoms with E-state index in [1.165, 1.54) is 5.56 Å². The molecule has 1 aliphatic heterocycles. The fraction of sp³-hybridized carbons (Fsp3) is 0.417. The molecule has 0 fully saturated rings. The maximum Gasteiger partial charge on any atom is 0.157 e. The quantitative estimate of drug-likeness (QED) is 0.750. The van der Waals surface area contributed by atoms with Crippen LogP contribution in [-0.4, -0.2) is 30.9 Å². The Hall–Kier alpha value is -1.35. The molecule has 0 saturated heterocycles. The van der Waals surface area contributed by atoms with Gasteiger partial charge in [-0.3, -0.25) is 4.99 Å². The van der Waals surface area contributed by atoms with Crippen LogP contribution < -0.4 is 0 Å². The second-order valence-electron chi connectivity index (χ2n) is 3.48. The number of hydrogen-bond acceptors (Lipinski definition) is 3. The van der Waals surface area contributed by atoms with Crippen LogP contribution in [0.25, 0.3) is 0 Å². The number of hydrogen-bond donors (Lipinski definition) is 0. The molecule has 80 valence electrons. The summed E-state index contributed by atoms with van der Waals surface area (Å²) in [5.74, 6) is 0. The van der Waals surface area contributed by atoms with E-state index in [1.807, 2.05) is 31.5 Å². The third-order valence-corrected chi connectivity index (χ3v) is 2.43. The van der Waals surface area contributed by atoms with Gasteiger partial charge in [-0.2, -0.15) is 0 Å². The summed E-state index contributed by atoms with van der Waals surface area (Å²) in [5, 5.41) is 0. The van der Waals surface area contributed by atoms with E-state index >= 15 is 0 Å². The Bertz CT molecular complexity index is 324. The van der Waals surface area contributed by atoms with Gasteiger partial charge < -0.3 is 9.64 Å². The zero-order valence-corrected chi connectivity index (χ0v) is 8.97. The lowest BCUT2D eigenvalue weighted by atomic mass is 10.2. The van der Waals surface area contributed by atoms with Crippen LogP contribution in [0.2, 0.25) is 0 Å². The smallest absolute Gasteiger partial charge is 0.157 e. The van der Waals surface area contributed by atoms with E-state index in [0.29, 0.717) is 6.61 Å². The minimum Gasteiger partial charge on any atom is -0.354 e. The van der Waals surface area contributed by atoms with Crippen LogP contribution in [0.4, 0.5) is 0 Å². The Morgan fingerprint density at radius 1 is 1.40 bits per heavy atom. The van der Waals surface area contributed by atoms with Crippen molar-refractivity contribution in [2.24, 2.45) is 4.99 Å². The molecule has 1 aromatic carbocycles. The molecule has 15 heavy (non-hydrogen) atoms. The second-order valence-corrected chi connectivity index (χ2v) is 3.48. The molecule has 1 heterocycles. The summed E-state index contributed by atoms with van der Waals surface area (Å²) in [6.07, 6.45) is 1.90. The average Bonchev–Trinajstić information content (AvgIpc) is 2.80. The Labute approximate surface area is 90.4 Å². The molecule has 0 radical (unpaired) electrons. The van der Waals surface area contributed by atoms with Crippen LogP contribution in [0.1, 0.15) is 18.7 Å². The predicted octanol–water partition coefficient (Wildman–Crippen LogP) is 2.07. The highest BCUT2D eigenvalue weighted by Crippen LogP contribution is 2.21.